The van der Waals surface area contributed by atoms with Gasteiger partial charge in [0.15, 0.2) is 0 Å². The van der Waals surface area contributed by atoms with Crippen LogP contribution in [0.1, 0.15) is 4.88 Å². The van der Waals surface area contributed by atoms with Gasteiger partial charge in [-0.2, -0.15) is 0 Å². The minimum atomic E-state index is -0.360. The molecule has 0 bridgehead atoms. The van der Waals surface area contributed by atoms with Gasteiger partial charge in [-0.1, -0.05) is 17.3 Å². The molecule has 0 saturated heterocycles. The van der Waals surface area contributed by atoms with Crippen molar-refractivity contribution in [1.82, 2.24) is 0 Å². The molecule has 0 radical (unpaired) electrons. The minimum absolute atomic E-state index is 0.167. The van der Waals surface area contributed by atoms with Crippen molar-refractivity contribution >= 4 is 39.0 Å². The van der Waals surface area contributed by atoms with Crippen molar-refractivity contribution < 1.29 is 4.92 Å². The zero-order chi connectivity index (χ0) is 14.1. The molecule has 0 spiro atoms. The highest BCUT2D eigenvalue weighted by molar-refractivity contribution is 7.27. The van der Waals surface area contributed by atoms with Gasteiger partial charge in [0.1, 0.15) is 0 Å². The molecule has 3 nitrogen and oxygen atoms in total. The second-order valence-electron chi connectivity index (χ2n) is 3.87. The molecule has 20 heavy (non-hydrogen) atoms. The van der Waals surface area contributed by atoms with Crippen LogP contribution in [-0.2, 0) is 0 Å². The maximum absolute atomic E-state index is 10.7. The fourth-order valence-electron chi connectivity index (χ4n) is 1.71. The van der Waals surface area contributed by atoms with Crippen LogP contribution < -0.4 is 0 Å². The molecule has 0 N–H and O–H groups in total. The summed E-state index contributed by atoms with van der Waals surface area (Å²) < 4.78 is 0. The van der Waals surface area contributed by atoms with Crippen molar-refractivity contribution in [1.29, 1.82) is 0 Å². The Balaban J connectivity index is 1.93. The summed E-state index contributed by atoms with van der Waals surface area (Å²) in [7, 11) is 0. The third-order valence-electron chi connectivity index (χ3n) is 2.61. The Labute approximate surface area is 127 Å². The van der Waals surface area contributed by atoms with Crippen molar-refractivity contribution in [2.24, 2.45) is 0 Å². The van der Waals surface area contributed by atoms with E-state index in [9.17, 15) is 10.1 Å². The Morgan fingerprint density at radius 3 is 2.00 bits per heavy atom. The summed E-state index contributed by atoms with van der Waals surface area (Å²) in [6, 6.07) is 11.3. The number of hydrogen-bond acceptors (Lipinski definition) is 5. The third-order valence-corrected chi connectivity index (χ3v) is 6.14. The van der Waals surface area contributed by atoms with E-state index in [1.165, 1.54) is 11.3 Å². The van der Waals surface area contributed by atoms with E-state index < -0.39 is 0 Å². The van der Waals surface area contributed by atoms with Crippen LogP contribution in [0.2, 0.25) is 0 Å². The monoisotopic (exact) mass is 317 g/mol. The summed E-state index contributed by atoms with van der Waals surface area (Å²) in [6.45, 7) is 0. The minimum Gasteiger partial charge on any atom is -0.258 e. The maximum Gasteiger partial charge on any atom is 0.324 e. The fourth-order valence-corrected chi connectivity index (χ4v) is 4.53. The predicted octanol–water partition coefficient (Wildman–Crippen LogP) is 5.09. The molecule has 0 saturated carbocycles. The molecule has 98 valence electrons. The van der Waals surface area contributed by atoms with Gasteiger partial charge in [0, 0.05) is 20.7 Å². The topological polar surface area (TPSA) is 43.1 Å². The summed E-state index contributed by atoms with van der Waals surface area (Å²) in [5.74, 6) is 2.62. The van der Waals surface area contributed by atoms with Crippen molar-refractivity contribution in [3.8, 4) is 31.9 Å². The molecular weight excluding hydrogens is 310 g/mol. The van der Waals surface area contributed by atoms with Crippen molar-refractivity contribution in [2.45, 2.75) is 0 Å². The molecule has 0 aliphatic rings. The molecule has 3 aromatic rings. The summed E-state index contributed by atoms with van der Waals surface area (Å²) in [4.78, 5) is 15.5. The highest BCUT2D eigenvalue weighted by Gasteiger charge is 2.13. The second-order valence-corrected chi connectivity index (χ2v) is 7.10. The number of thiophene rings is 3. The molecule has 0 unspecified atom stereocenters. The normalized spacial score (nSPS) is 10.3. The Bertz CT molecular complexity index is 819. The predicted molar refractivity (Wildman–Crippen MR) is 85.5 cm³/mol. The first-order valence-electron chi connectivity index (χ1n) is 5.58. The van der Waals surface area contributed by atoms with Gasteiger partial charge in [-0.25, -0.2) is 0 Å². The number of nitrogens with zero attached hydrogens (tertiary/aromatic N) is 1. The van der Waals surface area contributed by atoms with Gasteiger partial charge < -0.3 is 0 Å². The largest absolute Gasteiger partial charge is 0.324 e. The van der Waals surface area contributed by atoms with Gasteiger partial charge in [-0.3, -0.25) is 10.1 Å². The molecule has 0 aliphatic carbocycles. The van der Waals surface area contributed by atoms with Crippen LogP contribution in [0.15, 0.2) is 36.4 Å². The van der Waals surface area contributed by atoms with Crippen molar-refractivity contribution in [3.05, 3.63) is 51.4 Å². The summed E-state index contributed by atoms with van der Waals surface area (Å²) >= 11 is 4.39. The van der Waals surface area contributed by atoms with Gasteiger partial charge in [0.2, 0.25) is 0 Å². The van der Waals surface area contributed by atoms with Crippen LogP contribution in [0.25, 0.3) is 19.5 Å². The molecule has 0 fully saturated rings. The van der Waals surface area contributed by atoms with Crippen LogP contribution in [-0.4, -0.2) is 4.92 Å². The Hall–Kier alpha value is -1.94. The molecule has 3 aromatic heterocycles. The maximum atomic E-state index is 10.7. The SMILES string of the molecule is C#Cc1ccc(-c2ccc(-c3ccc([N+](=O)[O-])s3)s2)s1. The number of terminal acetylenes is 1. The molecule has 0 aliphatic heterocycles. The molecule has 0 atom stereocenters. The van der Waals surface area contributed by atoms with Crippen LogP contribution in [0, 0.1) is 22.5 Å². The zero-order valence-corrected chi connectivity index (χ0v) is 12.5. The lowest BCUT2D eigenvalue weighted by molar-refractivity contribution is -0.380. The lowest BCUT2D eigenvalue weighted by Gasteiger charge is -1.90. The Morgan fingerprint density at radius 1 is 0.900 bits per heavy atom. The summed E-state index contributed by atoms with van der Waals surface area (Å²) in [5, 5.41) is 10.9. The average Bonchev–Trinajstić information content (AvgIpc) is 3.17. The lowest BCUT2D eigenvalue weighted by atomic mass is 10.3. The quantitative estimate of drug-likeness (QED) is 0.383. The van der Waals surface area contributed by atoms with E-state index in [1.54, 1.807) is 34.8 Å². The van der Waals surface area contributed by atoms with Crippen LogP contribution in [0.4, 0.5) is 5.00 Å². The van der Waals surface area contributed by atoms with Crippen LogP contribution in [0.3, 0.4) is 0 Å². The number of rotatable bonds is 3. The number of hydrogen-bond donors (Lipinski definition) is 0. The highest BCUT2D eigenvalue weighted by Crippen LogP contribution is 2.41. The smallest absolute Gasteiger partial charge is 0.258 e. The first kappa shape index (κ1) is 13.1. The highest BCUT2D eigenvalue weighted by atomic mass is 32.1. The van der Waals surface area contributed by atoms with E-state index in [2.05, 4.69) is 5.92 Å². The summed E-state index contributed by atoms with van der Waals surface area (Å²) in [5.41, 5.74) is 0. The van der Waals surface area contributed by atoms with Crippen molar-refractivity contribution in [2.75, 3.05) is 0 Å². The summed E-state index contributed by atoms with van der Waals surface area (Å²) in [6.07, 6.45) is 5.37. The molecule has 0 amide bonds. The molecule has 0 aromatic carbocycles. The van der Waals surface area contributed by atoms with E-state index in [4.69, 9.17) is 6.42 Å². The van der Waals surface area contributed by atoms with E-state index in [0.29, 0.717) is 0 Å². The van der Waals surface area contributed by atoms with Gasteiger partial charge >= 0.3 is 5.00 Å². The molecule has 3 heterocycles. The van der Waals surface area contributed by atoms with E-state index in [0.717, 1.165) is 24.4 Å². The number of nitro groups is 1. The van der Waals surface area contributed by atoms with Gasteiger partial charge in [0.05, 0.1) is 14.7 Å². The third kappa shape index (κ3) is 2.39. The zero-order valence-electron chi connectivity index (χ0n) is 10.0. The second kappa shape index (κ2) is 5.21. The Kier molecular flexibility index (Phi) is 3.40. The standard InChI is InChI=1S/C14H7NO2S3/c1-2-9-3-4-10(18-9)11-5-6-12(19-11)13-7-8-14(20-13)15(16)17/h1,3-8H. The van der Waals surface area contributed by atoms with E-state index >= 15 is 0 Å². The first-order valence-corrected chi connectivity index (χ1v) is 8.03. The molecular formula is C14H7NO2S3. The van der Waals surface area contributed by atoms with E-state index in [1.807, 2.05) is 24.3 Å². The Morgan fingerprint density at radius 2 is 1.45 bits per heavy atom. The van der Waals surface area contributed by atoms with Gasteiger partial charge in [0.25, 0.3) is 0 Å². The van der Waals surface area contributed by atoms with Gasteiger partial charge in [-0.15, -0.1) is 29.1 Å². The molecule has 3 rings (SSSR count). The first-order chi connectivity index (χ1) is 9.67. The molecule has 6 heteroatoms. The van der Waals surface area contributed by atoms with E-state index in [-0.39, 0.29) is 9.92 Å². The fraction of sp³-hybridized carbons (Fsp3) is 0. The van der Waals surface area contributed by atoms with Crippen molar-refractivity contribution in [3.63, 3.8) is 0 Å². The van der Waals surface area contributed by atoms with Crippen LogP contribution in [0.5, 0.6) is 0 Å². The van der Waals surface area contributed by atoms with Gasteiger partial charge in [-0.05, 0) is 30.3 Å². The average molecular weight is 317 g/mol. The van der Waals surface area contributed by atoms with Crippen LogP contribution >= 0.6 is 34.0 Å². The lowest BCUT2D eigenvalue weighted by Crippen LogP contribution is -1.80.